The third kappa shape index (κ3) is 3.25. The quantitative estimate of drug-likeness (QED) is 0.588. The van der Waals surface area contributed by atoms with Gasteiger partial charge in [0.2, 0.25) is 0 Å². The van der Waals surface area contributed by atoms with E-state index in [2.05, 4.69) is 56.9 Å². The average Bonchev–Trinajstić information content (AvgIpc) is 2.69. The molecule has 1 aliphatic heterocycles. The lowest BCUT2D eigenvalue weighted by atomic mass is 9.95. The molecule has 3 aromatic rings. The van der Waals surface area contributed by atoms with E-state index in [1.165, 1.54) is 16.7 Å². The molecule has 0 spiro atoms. The number of amides is 1. The van der Waals surface area contributed by atoms with Crippen molar-refractivity contribution in [3.8, 4) is 11.1 Å². The number of rotatable bonds is 4. The van der Waals surface area contributed by atoms with Gasteiger partial charge >= 0.3 is 0 Å². The molecule has 0 aliphatic carbocycles. The SMILES string of the molecule is O=C1NC(c2ccc(-c3ccccc3)cc2CCBr)Nc2ccccc21. The number of alkyl halides is 1. The molecule has 3 aromatic carbocycles. The largest absolute Gasteiger partial charge is 0.361 e. The summed E-state index contributed by atoms with van der Waals surface area (Å²) >= 11 is 3.56. The molecule has 4 rings (SSSR count). The maximum absolute atomic E-state index is 12.5. The van der Waals surface area contributed by atoms with Gasteiger partial charge in [0.15, 0.2) is 0 Å². The first-order chi connectivity index (χ1) is 12.8. The fraction of sp³-hybridized carbons (Fsp3) is 0.136. The molecule has 1 amide bonds. The second kappa shape index (κ2) is 7.34. The van der Waals surface area contributed by atoms with Gasteiger partial charge in [-0.3, -0.25) is 4.79 Å². The fourth-order valence-electron chi connectivity index (χ4n) is 3.38. The molecule has 0 saturated carbocycles. The highest BCUT2D eigenvalue weighted by Crippen LogP contribution is 2.31. The monoisotopic (exact) mass is 406 g/mol. The lowest BCUT2D eigenvalue weighted by Crippen LogP contribution is -2.38. The van der Waals surface area contributed by atoms with Gasteiger partial charge in [-0.25, -0.2) is 0 Å². The van der Waals surface area contributed by atoms with Gasteiger partial charge in [-0.1, -0.05) is 76.6 Å². The Morgan fingerprint density at radius 1 is 0.846 bits per heavy atom. The highest BCUT2D eigenvalue weighted by Gasteiger charge is 2.25. The van der Waals surface area contributed by atoms with Crippen LogP contribution in [0.5, 0.6) is 0 Å². The molecular formula is C22H19BrN2O. The van der Waals surface area contributed by atoms with Crippen LogP contribution in [0.25, 0.3) is 11.1 Å². The summed E-state index contributed by atoms with van der Waals surface area (Å²) in [4.78, 5) is 12.5. The van der Waals surface area contributed by atoms with Crippen molar-refractivity contribution >= 4 is 27.5 Å². The number of aryl methyl sites for hydroxylation is 1. The Balaban J connectivity index is 1.71. The maximum atomic E-state index is 12.5. The van der Waals surface area contributed by atoms with Crippen LogP contribution in [0, 0.1) is 0 Å². The van der Waals surface area contributed by atoms with Crippen LogP contribution in [0.2, 0.25) is 0 Å². The minimum absolute atomic E-state index is 0.0405. The summed E-state index contributed by atoms with van der Waals surface area (Å²) in [5, 5.41) is 7.41. The summed E-state index contributed by atoms with van der Waals surface area (Å²) in [6.07, 6.45) is 0.669. The Kier molecular flexibility index (Phi) is 4.76. The van der Waals surface area contributed by atoms with Gasteiger partial charge in [0, 0.05) is 11.0 Å². The van der Waals surface area contributed by atoms with Crippen molar-refractivity contribution in [2.24, 2.45) is 0 Å². The molecule has 0 fully saturated rings. The normalized spacial score (nSPS) is 15.7. The molecule has 2 N–H and O–H groups in total. The minimum Gasteiger partial charge on any atom is -0.361 e. The number of carbonyl (C=O) groups excluding carboxylic acids is 1. The number of benzene rings is 3. The third-order valence-electron chi connectivity index (χ3n) is 4.67. The average molecular weight is 407 g/mol. The van der Waals surface area contributed by atoms with Gasteiger partial charge in [-0.05, 0) is 40.8 Å². The number of anilines is 1. The molecule has 1 aliphatic rings. The van der Waals surface area contributed by atoms with Crippen LogP contribution in [-0.2, 0) is 6.42 Å². The van der Waals surface area contributed by atoms with E-state index in [9.17, 15) is 4.79 Å². The van der Waals surface area contributed by atoms with Crippen LogP contribution in [0.4, 0.5) is 5.69 Å². The first kappa shape index (κ1) is 16.9. The van der Waals surface area contributed by atoms with Gasteiger partial charge in [-0.15, -0.1) is 0 Å². The number of hydrogen-bond acceptors (Lipinski definition) is 2. The lowest BCUT2D eigenvalue weighted by Gasteiger charge is -2.29. The Morgan fingerprint density at radius 3 is 2.42 bits per heavy atom. The second-order valence-electron chi connectivity index (χ2n) is 6.31. The van der Waals surface area contributed by atoms with E-state index in [-0.39, 0.29) is 12.1 Å². The zero-order valence-corrected chi connectivity index (χ0v) is 15.8. The summed E-state index contributed by atoms with van der Waals surface area (Å²) in [5.74, 6) is -0.0405. The summed E-state index contributed by atoms with van der Waals surface area (Å²) in [6.45, 7) is 0. The molecule has 0 radical (unpaired) electrons. The zero-order chi connectivity index (χ0) is 17.9. The van der Waals surface area contributed by atoms with Crippen molar-refractivity contribution < 1.29 is 4.79 Å². The number of hydrogen-bond donors (Lipinski definition) is 2. The molecule has 26 heavy (non-hydrogen) atoms. The first-order valence-electron chi connectivity index (χ1n) is 8.67. The maximum Gasteiger partial charge on any atom is 0.255 e. The van der Waals surface area contributed by atoms with Crippen molar-refractivity contribution in [1.29, 1.82) is 0 Å². The fourth-order valence-corrected chi connectivity index (χ4v) is 3.81. The molecule has 1 heterocycles. The minimum atomic E-state index is -0.226. The van der Waals surface area contributed by atoms with E-state index in [0.29, 0.717) is 5.56 Å². The van der Waals surface area contributed by atoms with E-state index in [4.69, 9.17) is 0 Å². The Bertz CT molecular complexity index is 940. The second-order valence-corrected chi connectivity index (χ2v) is 7.11. The van der Waals surface area contributed by atoms with Gasteiger partial charge in [0.25, 0.3) is 5.91 Å². The highest BCUT2D eigenvalue weighted by atomic mass is 79.9. The van der Waals surface area contributed by atoms with Crippen LogP contribution in [0.1, 0.15) is 27.7 Å². The molecule has 130 valence electrons. The van der Waals surface area contributed by atoms with Crippen molar-refractivity contribution in [1.82, 2.24) is 5.32 Å². The van der Waals surface area contributed by atoms with E-state index >= 15 is 0 Å². The summed E-state index contributed by atoms with van der Waals surface area (Å²) in [6, 6.07) is 24.4. The van der Waals surface area contributed by atoms with Crippen LogP contribution >= 0.6 is 15.9 Å². The summed E-state index contributed by atoms with van der Waals surface area (Å²) < 4.78 is 0. The predicted molar refractivity (Wildman–Crippen MR) is 110 cm³/mol. The summed E-state index contributed by atoms with van der Waals surface area (Å²) in [7, 11) is 0. The number of para-hydroxylation sites is 1. The van der Waals surface area contributed by atoms with Crippen molar-refractivity contribution in [2.45, 2.75) is 12.6 Å². The predicted octanol–water partition coefficient (Wildman–Crippen LogP) is 5.15. The van der Waals surface area contributed by atoms with E-state index in [1.54, 1.807) is 0 Å². The van der Waals surface area contributed by atoms with E-state index in [1.807, 2.05) is 42.5 Å². The zero-order valence-electron chi connectivity index (χ0n) is 14.2. The molecule has 0 aromatic heterocycles. The van der Waals surface area contributed by atoms with Gasteiger partial charge < -0.3 is 10.6 Å². The number of halogens is 1. The van der Waals surface area contributed by atoms with Gasteiger partial charge in [0.1, 0.15) is 6.17 Å². The van der Waals surface area contributed by atoms with Gasteiger partial charge in [0.05, 0.1) is 5.56 Å². The van der Waals surface area contributed by atoms with Crippen LogP contribution < -0.4 is 10.6 Å². The van der Waals surface area contributed by atoms with Crippen LogP contribution in [0.3, 0.4) is 0 Å². The van der Waals surface area contributed by atoms with Crippen LogP contribution in [0.15, 0.2) is 72.8 Å². The van der Waals surface area contributed by atoms with E-state index in [0.717, 1.165) is 23.0 Å². The molecule has 0 bridgehead atoms. The molecule has 0 saturated heterocycles. The third-order valence-corrected chi connectivity index (χ3v) is 5.07. The number of nitrogens with one attached hydrogen (secondary N) is 2. The highest BCUT2D eigenvalue weighted by molar-refractivity contribution is 9.09. The first-order valence-corrected chi connectivity index (χ1v) is 9.79. The van der Waals surface area contributed by atoms with Crippen molar-refractivity contribution in [3.05, 3.63) is 89.5 Å². The lowest BCUT2D eigenvalue weighted by molar-refractivity contribution is 0.0935. The smallest absolute Gasteiger partial charge is 0.255 e. The molecule has 1 unspecified atom stereocenters. The van der Waals surface area contributed by atoms with Gasteiger partial charge in [-0.2, -0.15) is 0 Å². The molecule has 4 heteroatoms. The Hall–Kier alpha value is -2.59. The standard InChI is InChI=1S/C22H19BrN2O/c23-13-12-17-14-16(15-6-2-1-3-7-15)10-11-18(17)21-24-20-9-5-4-8-19(20)22(26)25-21/h1-11,14,21,24H,12-13H2,(H,25,26). The number of fused-ring (bicyclic) bond motifs is 1. The van der Waals surface area contributed by atoms with E-state index < -0.39 is 0 Å². The molecular weight excluding hydrogens is 388 g/mol. The molecule has 3 nitrogen and oxygen atoms in total. The Labute approximate surface area is 161 Å². The number of carbonyl (C=O) groups is 1. The summed E-state index contributed by atoms with van der Waals surface area (Å²) in [5.41, 5.74) is 6.27. The Morgan fingerprint density at radius 2 is 1.62 bits per heavy atom. The van der Waals surface area contributed by atoms with Crippen molar-refractivity contribution in [3.63, 3.8) is 0 Å². The van der Waals surface area contributed by atoms with Crippen LogP contribution in [-0.4, -0.2) is 11.2 Å². The molecule has 1 atom stereocenters. The topological polar surface area (TPSA) is 41.1 Å². The van der Waals surface area contributed by atoms with Crippen molar-refractivity contribution in [2.75, 3.05) is 10.6 Å².